The van der Waals surface area contributed by atoms with E-state index >= 15 is 0 Å². The molecule has 0 nitrogen and oxygen atoms in total. The van der Waals surface area contributed by atoms with Gasteiger partial charge >= 0.3 is 0 Å². The molecule has 2 aromatic rings. The van der Waals surface area contributed by atoms with Crippen molar-refractivity contribution in [1.29, 1.82) is 0 Å². The summed E-state index contributed by atoms with van der Waals surface area (Å²) in [4.78, 5) is 0. The maximum Gasteiger partial charge on any atom is 0.168 e. The molecular formula is C11H6BF3. The molecule has 0 spiro atoms. The van der Waals surface area contributed by atoms with Crippen LogP contribution in [0.25, 0.3) is 10.8 Å². The van der Waals surface area contributed by atoms with E-state index in [1.165, 1.54) is 25.1 Å². The monoisotopic (exact) mass is 206 g/mol. The van der Waals surface area contributed by atoms with Crippen LogP contribution in [0.15, 0.2) is 18.2 Å². The lowest BCUT2D eigenvalue weighted by molar-refractivity contribution is 0.516. The highest BCUT2D eigenvalue weighted by molar-refractivity contribution is 6.33. The fourth-order valence-corrected chi connectivity index (χ4v) is 1.51. The number of rotatable bonds is 0. The number of hydrogen-bond acceptors (Lipinski definition) is 0. The second-order valence-electron chi connectivity index (χ2n) is 3.39. The van der Waals surface area contributed by atoms with Crippen molar-refractivity contribution in [2.75, 3.05) is 0 Å². The number of hydrogen-bond donors (Lipinski definition) is 0. The molecule has 0 N–H and O–H groups in total. The van der Waals surface area contributed by atoms with E-state index in [1.807, 2.05) is 0 Å². The van der Waals surface area contributed by atoms with E-state index in [2.05, 4.69) is 0 Å². The van der Waals surface area contributed by atoms with Crippen LogP contribution in [0.5, 0.6) is 0 Å². The summed E-state index contributed by atoms with van der Waals surface area (Å²) in [5.74, 6) is -3.18. The van der Waals surface area contributed by atoms with E-state index in [1.54, 1.807) is 0 Å². The highest BCUT2D eigenvalue weighted by Crippen LogP contribution is 2.24. The van der Waals surface area contributed by atoms with Crippen molar-refractivity contribution < 1.29 is 13.2 Å². The lowest BCUT2D eigenvalue weighted by atomic mass is 9.91. The lowest BCUT2D eigenvalue weighted by Gasteiger charge is -2.07. The topological polar surface area (TPSA) is 0 Å². The maximum absolute atomic E-state index is 13.5. The minimum absolute atomic E-state index is 0.259. The summed E-state index contributed by atoms with van der Waals surface area (Å²) < 4.78 is 40.0. The highest BCUT2D eigenvalue weighted by Gasteiger charge is 2.14. The normalized spacial score (nSPS) is 10.9. The summed E-state index contributed by atoms with van der Waals surface area (Å²) >= 11 is 0. The van der Waals surface area contributed by atoms with Gasteiger partial charge < -0.3 is 0 Å². The van der Waals surface area contributed by atoms with E-state index in [-0.39, 0.29) is 21.8 Å². The summed E-state index contributed by atoms with van der Waals surface area (Å²) in [6.45, 7) is 1.49. The first-order chi connectivity index (χ1) is 7.02. The van der Waals surface area contributed by atoms with Crippen LogP contribution >= 0.6 is 0 Å². The molecule has 0 aliphatic rings. The van der Waals surface area contributed by atoms with Crippen LogP contribution in [0.2, 0.25) is 0 Å². The van der Waals surface area contributed by atoms with E-state index < -0.39 is 17.5 Å². The van der Waals surface area contributed by atoms with E-state index in [0.717, 1.165) is 0 Å². The quantitative estimate of drug-likeness (QED) is 0.580. The first-order valence-electron chi connectivity index (χ1n) is 4.34. The maximum atomic E-state index is 13.5. The third-order valence-corrected chi connectivity index (χ3v) is 2.34. The predicted octanol–water partition coefficient (Wildman–Crippen LogP) is 2.36. The zero-order chi connectivity index (χ0) is 11.2. The Hall–Kier alpha value is -1.45. The van der Waals surface area contributed by atoms with Crippen molar-refractivity contribution in [3.8, 4) is 0 Å². The molecule has 0 saturated carbocycles. The average molecular weight is 206 g/mol. The van der Waals surface area contributed by atoms with Gasteiger partial charge in [-0.05, 0) is 17.9 Å². The Bertz CT molecular complexity index is 549. The molecule has 0 aliphatic heterocycles. The summed E-state index contributed by atoms with van der Waals surface area (Å²) in [6.07, 6.45) is 0. The molecule has 0 atom stereocenters. The van der Waals surface area contributed by atoms with E-state index in [0.29, 0.717) is 0 Å². The molecule has 2 radical (unpaired) electrons. The number of halogens is 3. The smallest absolute Gasteiger partial charge is 0.168 e. The summed E-state index contributed by atoms with van der Waals surface area (Å²) in [7, 11) is 5.24. The minimum atomic E-state index is -1.23. The Morgan fingerprint density at radius 2 is 1.67 bits per heavy atom. The van der Waals surface area contributed by atoms with E-state index in [4.69, 9.17) is 7.85 Å². The van der Waals surface area contributed by atoms with Crippen molar-refractivity contribution in [3.05, 3.63) is 41.2 Å². The molecule has 0 bridgehead atoms. The molecule has 0 fully saturated rings. The van der Waals surface area contributed by atoms with Gasteiger partial charge in [-0.25, -0.2) is 13.2 Å². The number of benzene rings is 2. The molecule has 0 unspecified atom stereocenters. The summed E-state index contributed by atoms with van der Waals surface area (Å²) in [6, 6.07) is 4.22. The van der Waals surface area contributed by atoms with Crippen LogP contribution < -0.4 is 5.46 Å². The lowest BCUT2D eigenvalue weighted by Crippen LogP contribution is -2.11. The van der Waals surface area contributed by atoms with Crippen molar-refractivity contribution in [2.24, 2.45) is 0 Å². The molecule has 74 valence electrons. The fraction of sp³-hybridized carbons (Fsp3) is 0.0909. The Balaban J connectivity index is 3.00. The van der Waals surface area contributed by atoms with Gasteiger partial charge in [0.25, 0.3) is 0 Å². The zero-order valence-corrected chi connectivity index (χ0v) is 7.94. The largest absolute Gasteiger partial charge is 0.206 e. The second kappa shape index (κ2) is 3.30. The molecule has 0 saturated heterocycles. The third-order valence-electron chi connectivity index (χ3n) is 2.34. The Labute approximate surface area is 86.1 Å². The van der Waals surface area contributed by atoms with Crippen LogP contribution in [-0.2, 0) is 0 Å². The first kappa shape index (κ1) is 10.1. The number of aryl methyl sites for hydroxylation is 1. The van der Waals surface area contributed by atoms with Crippen LogP contribution in [0.4, 0.5) is 13.2 Å². The van der Waals surface area contributed by atoms with Crippen molar-refractivity contribution in [3.63, 3.8) is 0 Å². The average Bonchev–Trinajstić information content (AvgIpc) is 2.20. The summed E-state index contributed by atoms with van der Waals surface area (Å²) in [5, 5.41) is -0.0869. The van der Waals surface area contributed by atoms with Gasteiger partial charge in [-0.3, -0.25) is 0 Å². The molecule has 0 aliphatic carbocycles. The van der Waals surface area contributed by atoms with Gasteiger partial charge in [0.05, 0.1) is 5.39 Å². The van der Waals surface area contributed by atoms with Gasteiger partial charge in [0, 0.05) is 0 Å². The van der Waals surface area contributed by atoms with Crippen LogP contribution in [0, 0.1) is 24.4 Å². The molecule has 0 heterocycles. The second-order valence-corrected chi connectivity index (χ2v) is 3.39. The predicted molar refractivity (Wildman–Crippen MR) is 53.9 cm³/mol. The highest BCUT2D eigenvalue weighted by atomic mass is 19.2. The molecular weight excluding hydrogens is 200 g/mol. The first-order valence-corrected chi connectivity index (χ1v) is 4.34. The van der Waals surface area contributed by atoms with Gasteiger partial charge in [0.1, 0.15) is 13.7 Å². The van der Waals surface area contributed by atoms with Gasteiger partial charge in [0.2, 0.25) is 0 Å². The fourth-order valence-electron chi connectivity index (χ4n) is 1.51. The third kappa shape index (κ3) is 1.40. The zero-order valence-electron chi connectivity index (χ0n) is 7.94. The van der Waals surface area contributed by atoms with Gasteiger partial charge in [0.15, 0.2) is 11.6 Å². The van der Waals surface area contributed by atoms with Crippen LogP contribution in [0.3, 0.4) is 0 Å². The molecule has 2 aromatic carbocycles. The Morgan fingerprint density at radius 3 is 2.33 bits per heavy atom. The van der Waals surface area contributed by atoms with Gasteiger partial charge in [-0.15, -0.1) is 0 Å². The minimum Gasteiger partial charge on any atom is -0.206 e. The van der Waals surface area contributed by atoms with Crippen molar-refractivity contribution in [2.45, 2.75) is 6.92 Å². The number of fused-ring (bicyclic) bond motifs is 1. The SMILES string of the molecule is [B]c1cc2ccc(C)c(F)c2c(F)c1F. The van der Waals surface area contributed by atoms with E-state index in [9.17, 15) is 13.2 Å². The molecule has 15 heavy (non-hydrogen) atoms. The van der Waals surface area contributed by atoms with Gasteiger partial charge in [-0.1, -0.05) is 23.7 Å². The molecule has 4 heteroatoms. The van der Waals surface area contributed by atoms with Crippen molar-refractivity contribution in [1.82, 2.24) is 0 Å². The van der Waals surface area contributed by atoms with Crippen LogP contribution in [-0.4, -0.2) is 7.85 Å². The Morgan fingerprint density at radius 1 is 1.00 bits per heavy atom. The standard InChI is InChI=1S/C11H6BF3/c1-5-2-3-6-4-7(12)10(14)11(15)8(6)9(5)13/h2-4H,1H3. The van der Waals surface area contributed by atoms with Crippen LogP contribution in [0.1, 0.15) is 5.56 Å². The molecule has 2 rings (SSSR count). The molecule has 0 aromatic heterocycles. The van der Waals surface area contributed by atoms with Crippen molar-refractivity contribution >= 4 is 24.1 Å². The summed E-state index contributed by atoms with van der Waals surface area (Å²) in [5.41, 5.74) is -0.0474. The van der Waals surface area contributed by atoms with Gasteiger partial charge in [-0.2, -0.15) is 0 Å². The molecule has 0 amide bonds. The Kier molecular flexibility index (Phi) is 2.22.